The summed E-state index contributed by atoms with van der Waals surface area (Å²) in [4.78, 5) is 0. The van der Waals surface area contributed by atoms with Gasteiger partial charge >= 0.3 is 0 Å². The molecule has 3 heteroatoms. The summed E-state index contributed by atoms with van der Waals surface area (Å²) in [6.07, 6.45) is 9.95. The zero-order valence-electron chi connectivity index (χ0n) is 11.2. The van der Waals surface area contributed by atoms with Crippen molar-refractivity contribution < 1.29 is 0 Å². The Kier molecular flexibility index (Phi) is 2.51. The van der Waals surface area contributed by atoms with Crippen LogP contribution < -0.4 is 5.32 Å². The molecule has 0 radical (unpaired) electrons. The maximum absolute atomic E-state index is 4.40. The van der Waals surface area contributed by atoms with Crippen LogP contribution >= 0.6 is 0 Å². The minimum atomic E-state index is 0.839. The molecule has 1 aromatic rings. The van der Waals surface area contributed by atoms with Gasteiger partial charge in [-0.15, -0.1) is 0 Å². The number of nitrogens with one attached hydrogen (secondary N) is 1. The first-order valence-electron chi connectivity index (χ1n) is 7.61. The summed E-state index contributed by atoms with van der Waals surface area (Å²) in [5.41, 5.74) is 1.35. The summed E-state index contributed by atoms with van der Waals surface area (Å²) in [6.45, 7) is 4.25. The summed E-state index contributed by atoms with van der Waals surface area (Å²) >= 11 is 0. The van der Waals surface area contributed by atoms with Gasteiger partial charge in [0.25, 0.3) is 0 Å². The van der Waals surface area contributed by atoms with Gasteiger partial charge in [-0.05, 0) is 49.4 Å². The number of rotatable bonds is 5. The second-order valence-corrected chi connectivity index (χ2v) is 6.51. The largest absolute Gasteiger partial charge is 0.309 e. The molecular formula is C15H23N3. The third kappa shape index (κ3) is 1.63. The molecule has 0 saturated heterocycles. The molecule has 4 atom stereocenters. The van der Waals surface area contributed by atoms with Gasteiger partial charge in [0.2, 0.25) is 0 Å². The second kappa shape index (κ2) is 4.09. The molecule has 3 aliphatic carbocycles. The van der Waals surface area contributed by atoms with Crippen LogP contribution in [0.15, 0.2) is 12.4 Å². The highest BCUT2D eigenvalue weighted by atomic mass is 15.3. The first-order valence-corrected chi connectivity index (χ1v) is 7.61. The Hall–Kier alpha value is -0.830. The Balaban J connectivity index is 1.32. The van der Waals surface area contributed by atoms with E-state index in [2.05, 4.69) is 28.2 Å². The maximum Gasteiger partial charge on any atom is 0.0534 e. The predicted molar refractivity (Wildman–Crippen MR) is 71.0 cm³/mol. The van der Waals surface area contributed by atoms with Crippen LogP contribution in [0.2, 0.25) is 0 Å². The van der Waals surface area contributed by atoms with E-state index in [-0.39, 0.29) is 0 Å². The van der Waals surface area contributed by atoms with E-state index in [1.807, 2.05) is 6.20 Å². The summed E-state index contributed by atoms with van der Waals surface area (Å²) < 4.78 is 2.06. The molecule has 0 aromatic carbocycles. The number of nitrogens with zero attached hydrogens (tertiary/aromatic N) is 2. The molecular weight excluding hydrogens is 222 g/mol. The van der Waals surface area contributed by atoms with Gasteiger partial charge in [-0.3, -0.25) is 4.68 Å². The number of aromatic nitrogens is 2. The van der Waals surface area contributed by atoms with Crippen LogP contribution in [0.3, 0.4) is 0 Å². The molecule has 18 heavy (non-hydrogen) atoms. The van der Waals surface area contributed by atoms with Gasteiger partial charge in [0, 0.05) is 30.9 Å². The average molecular weight is 245 g/mol. The van der Waals surface area contributed by atoms with Crippen LogP contribution in [0.4, 0.5) is 0 Å². The SMILES string of the molecule is CCCn1cc(CNC2C3C4CCC(C4)C23)cn1. The summed E-state index contributed by atoms with van der Waals surface area (Å²) in [5.74, 6) is 4.21. The maximum atomic E-state index is 4.40. The van der Waals surface area contributed by atoms with Crippen molar-refractivity contribution in [3.8, 4) is 0 Å². The molecule has 3 saturated carbocycles. The minimum absolute atomic E-state index is 0.839. The van der Waals surface area contributed by atoms with Crippen LogP contribution in [-0.4, -0.2) is 15.8 Å². The molecule has 3 nitrogen and oxygen atoms in total. The molecule has 0 aliphatic heterocycles. The third-order valence-corrected chi connectivity index (χ3v) is 5.42. The molecule has 1 N–H and O–H groups in total. The molecule has 0 amide bonds. The van der Waals surface area contributed by atoms with Crippen molar-refractivity contribution in [2.75, 3.05) is 0 Å². The van der Waals surface area contributed by atoms with Crippen LogP contribution in [0.5, 0.6) is 0 Å². The Morgan fingerprint density at radius 2 is 2.11 bits per heavy atom. The van der Waals surface area contributed by atoms with Crippen molar-refractivity contribution in [3.05, 3.63) is 18.0 Å². The lowest BCUT2D eigenvalue weighted by molar-refractivity contribution is 0.456. The van der Waals surface area contributed by atoms with Crippen LogP contribution in [0.25, 0.3) is 0 Å². The predicted octanol–water partition coefficient (Wildman–Crippen LogP) is 2.43. The van der Waals surface area contributed by atoms with Gasteiger partial charge in [-0.1, -0.05) is 6.92 Å². The Morgan fingerprint density at radius 3 is 2.83 bits per heavy atom. The molecule has 2 bridgehead atoms. The van der Waals surface area contributed by atoms with Gasteiger partial charge in [-0.2, -0.15) is 5.10 Å². The Labute approximate surface area is 109 Å². The summed E-state index contributed by atoms with van der Waals surface area (Å²) in [5, 5.41) is 8.17. The van der Waals surface area contributed by atoms with E-state index in [1.165, 1.54) is 18.4 Å². The highest BCUT2D eigenvalue weighted by Gasteiger charge is 2.64. The third-order valence-electron chi connectivity index (χ3n) is 5.42. The topological polar surface area (TPSA) is 29.9 Å². The van der Waals surface area contributed by atoms with Crippen molar-refractivity contribution in [1.82, 2.24) is 15.1 Å². The van der Waals surface area contributed by atoms with E-state index in [0.29, 0.717) is 0 Å². The first kappa shape index (κ1) is 11.0. The molecule has 4 rings (SSSR count). The smallest absolute Gasteiger partial charge is 0.0534 e. The van der Waals surface area contributed by atoms with E-state index in [4.69, 9.17) is 0 Å². The summed E-state index contributed by atoms with van der Waals surface area (Å²) in [6, 6.07) is 0.839. The second-order valence-electron chi connectivity index (χ2n) is 6.51. The fourth-order valence-electron chi connectivity index (χ4n) is 4.68. The highest BCUT2D eigenvalue weighted by Crippen LogP contribution is 2.65. The monoisotopic (exact) mass is 245 g/mol. The fourth-order valence-corrected chi connectivity index (χ4v) is 4.68. The van der Waals surface area contributed by atoms with Gasteiger partial charge in [0.15, 0.2) is 0 Å². The summed E-state index contributed by atoms with van der Waals surface area (Å²) in [7, 11) is 0. The van der Waals surface area contributed by atoms with Gasteiger partial charge in [0.1, 0.15) is 0 Å². The lowest BCUT2D eigenvalue weighted by Gasteiger charge is -2.09. The number of fused-ring (bicyclic) bond motifs is 5. The number of aryl methyl sites for hydroxylation is 1. The van der Waals surface area contributed by atoms with Crippen LogP contribution in [0, 0.1) is 23.7 Å². The average Bonchev–Trinajstić information content (AvgIpc) is 2.79. The fraction of sp³-hybridized carbons (Fsp3) is 0.800. The number of hydrogen-bond acceptors (Lipinski definition) is 2. The standard InChI is InChI=1S/C15H23N3/c1-2-5-18-9-10(8-17-18)7-16-15-13-11-3-4-12(6-11)14(13)15/h8-9,11-16H,2-7H2,1H3. The zero-order valence-corrected chi connectivity index (χ0v) is 11.2. The molecule has 4 unspecified atom stereocenters. The van der Waals surface area contributed by atoms with Gasteiger partial charge in [-0.25, -0.2) is 0 Å². The Morgan fingerprint density at radius 1 is 1.33 bits per heavy atom. The van der Waals surface area contributed by atoms with Crippen LogP contribution in [-0.2, 0) is 13.1 Å². The van der Waals surface area contributed by atoms with Crippen molar-refractivity contribution >= 4 is 0 Å². The Bertz CT molecular complexity index is 423. The minimum Gasteiger partial charge on any atom is -0.309 e. The molecule has 1 aromatic heterocycles. The lowest BCUT2D eigenvalue weighted by atomic mass is 10.0. The van der Waals surface area contributed by atoms with Gasteiger partial charge in [0.05, 0.1) is 6.20 Å². The molecule has 3 fully saturated rings. The molecule has 3 aliphatic rings. The van der Waals surface area contributed by atoms with E-state index in [9.17, 15) is 0 Å². The van der Waals surface area contributed by atoms with Crippen LogP contribution in [0.1, 0.15) is 38.2 Å². The molecule has 0 spiro atoms. The van der Waals surface area contributed by atoms with Crippen molar-refractivity contribution in [3.63, 3.8) is 0 Å². The zero-order chi connectivity index (χ0) is 12.1. The van der Waals surface area contributed by atoms with E-state index >= 15 is 0 Å². The molecule has 1 heterocycles. The van der Waals surface area contributed by atoms with E-state index in [1.54, 1.807) is 6.42 Å². The van der Waals surface area contributed by atoms with E-state index in [0.717, 1.165) is 49.2 Å². The highest BCUT2D eigenvalue weighted by molar-refractivity contribution is 5.17. The first-order chi connectivity index (χ1) is 8.86. The van der Waals surface area contributed by atoms with Crippen molar-refractivity contribution in [2.45, 2.75) is 51.7 Å². The molecule has 98 valence electrons. The van der Waals surface area contributed by atoms with E-state index < -0.39 is 0 Å². The quantitative estimate of drug-likeness (QED) is 0.863. The van der Waals surface area contributed by atoms with Crippen molar-refractivity contribution in [2.24, 2.45) is 23.7 Å². The lowest BCUT2D eigenvalue weighted by Crippen LogP contribution is -2.22. The van der Waals surface area contributed by atoms with Crippen molar-refractivity contribution in [1.29, 1.82) is 0 Å². The van der Waals surface area contributed by atoms with Gasteiger partial charge < -0.3 is 5.32 Å². The normalized spacial score (nSPS) is 40.2. The number of hydrogen-bond donors (Lipinski definition) is 1.